The normalized spacial score (nSPS) is 11.5. The second-order valence-corrected chi connectivity index (χ2v) is 6.02. The summed E-state index contributed by atoms with van der Waals surface area (Å²) in [5.41, 5.74) is 0.474. The molecule has 0 aliphatic carbocycles. The van der Waals surface area contributed by atoms with Crippen LogP contribution in [-0.4, -0.2) is 49.5 Å². The summed E-state index contributed by atoms with van der Waals surface area (Å²) in [6.45, 7) is 8.59. The van der Waals surface area contributed by atoms with Crippen molar-refractivity contribution in [2.24, 2.45) is 5.41 Å². The fourth-order valence-electron chi connectivity index (χ4n) is 2.16. The number of nitrogens with zero attached hydrogens (tertiary/aromatic N) is 2. The molecule has 0 spiro atoms. The van der Waals surface area contributed by atoms with E-state index in [1.54, 1.807) is 6.07 Å². The van der Waals surface area contributed by atoms with Gasteiger partial charge in [-0.1, -0.05) is 19.9 Å². The van der Waals surface area contributed by atoms with E-state index in [1.165, 1.54) is 0 Å². The SMILES string of the molecule is CCNc1cccc(C(=O)NCC(C)(C)CN(C)C)n1. The average Bonchev–Trinajstić information content (AvgIpc) is 2.35. The molecule has 0 radical (unpaired) electrons. The van der Waals surface area contributed by atoms with Crippen LogP contribution in [0.4, 0.5) is 5.82 Å². The Kier molecular flexibility index (Phi) is 5.95. The van der Waals surface area contributed by atoms with E-state index in [4.69, 9.17) is 0 Å². The molecule has 1 rings (SSSR count). The minimum Gasteiger partial charge on any atom is -0.370 e. The zero-order chi connectivity index (χ0) is 15.2. The second kappa shape index (κ2) is 7.24. The van der Waals surface area contributed by atoms with Crippen LogP contribution < -0.4 is 10.6 Å². The van der Waals surface area contributed by atoms with Crippen molar-refractivity contribution in [3.05, 3.63) is 23.9 Å². The lowest BCUT2D eigenvalue weighted by Crippen LogP contribution is -2.40. The Labute approximate surface area is 121 Å². The van der Waals surface area contributed by atoms with Crippen LogP contribution in [0.3, 0.4) is 0 Å². The second-order valence-electron chi connectivity index (χ2n) is 6.02. The van der Waals surface area contributed by atoms with Gasteiger partial charge in [-0.3, -0.25) is 4.79 Å². The molecule has 1 amide bonds. The molecular formula is C15H26N4O. The van der Waals surface area contributed by atoms with Gasteiger partial charge >= 0.3 is 0 Å². The number of hydrogen-bond acceptors (Lipinski definition) is 4. The number of carbonyl (C=O) groups is 1. The first kappa shape index (κ1) is 16.4. The lowest BCUT2D eigenvalue weighted by atomic mass is 9.93. The number of pyridine rings is 1. The van der Waals surface area contributed by atoms with E-state index < -0.39 is 0 Å². The minimum atomic E-state index is -0.128. The predicted octanol–water partition coefficient (Wildman–Crippen LogP) is 1.83. The van der Waals surface area contributed by atoms with Gasteiger partial charge in [0, 0.05) is 19.6 Å². The van der Waals surface area contributed by atoms with Gasteiger partial charge in [0.25, 0.3) is 5.91 Å². The summed E-state index contributed by atoms with van der Waals surface area (Å²) in [4.78, 5) is 18.5. The van der Waals surface area contributed by atoms with Crippen LogP contribution in [0.1, 0.15) is 31.3 Å². The Hall–Kier alpha value is -1.62. The molecule has 0 aliphatic rings. The van der Waals surface area contributed by atoms with E-state index in [-0.39, 0.29) is 11.3 Å². The van der Waals surface area contributed by atoms with E-state index >= 15 is 0 Å². The van der Waals surface area contributed by atoms with Crippen molar-refractivity contribution < 1.29 is 4.79 Å². The number of anilines is 1. The third-order valence-electron chi connectivity index (χ3n) is 2.81. The molecular weight excluding hydrogens is 252 g/mol. The predicted molar refractivity (Wildman–Crippen MR) is 83.1 cm³/mol. The number of nitrogens with one attached hydrogen (secondary N) is 2. The average molecular weight is 278 g/mol. The highest BCUT2D eigenvalue weighted by molar-refractivity contribution is 5.92. The van der Waals surface area contributed by atoms with Gasteiger partial charge in [-0.25, -0.2) is 4.98 Å². The maximum atomic E-state index is 12.1. The van der Waals surface area contributed by atoms with E-state index in [0.717, 1.165) is 18.9 Å². The van der Waals surface area contributed by atoms with E-state index in [0.29, 0.717) is 12.2 Å². The maximum Gasteiger partial charge on any atom is 0.269 e. The number of hydrogen-bond donors (Lipinski definition) is 2. The number of rotatable bonds is 7. The lowest BCUT2D eigenvalue weighted by molar-refractivity contribution is 0.0924. The summed E-state index contributed by atoms with van der Waals surface area (Å²) in [7, 11) is 4.07. The Balaban J connectivity index is 2.60. The quantitative estimate of drug-likeness (QED) is 0.799. The number of amides is 1. The van der Waals surface area contributed by atoms with Gasteiger partial charge < -0.3 is 15.5 Å². The zero-order valence-electron chi connectivity index (χ0n) is 13.2. The van der Waals surface area contributed by atoms with E-state index in [2.05, 4.69) is 34.4 Å². The third-order valence-corrected chi connectivity index (χ3v) is 2.81. The molecule has 0 saturated carbocycles. The molecule has 0 atom stereocenters. The molecule has 5 nitrogen and oxygen atoms in total. The van der Waals surface area contributed by atoms with Gasteiger partial charge in [0.05, 0.1) is 0 Å². The van der Waals surface area contributed by atoms with Crippen LogP contribution in [0.5, 0.6) is 0 Å². The highest BCUT2D eigenvalue weighted by atomic mass is 16.1. The topological polar surface area (TPSA) is 57.3 Å². The summed E-state index contributed by atoms with van der Waals surface area (Å²) in [5, 5.41) is 6.06. The summed E-state index contributed by atoms with van der Waals surface area (Å²) in [6, 6.07) is 5.43. The summed E-state index contributed by atoms with van der Waals surface area (Å²) < 4.78 is 0. The molecule has 1 aromatic heterocycles. The molecule has 0 fully saturated rings. The van der Waals surface area contributed by atoms with Crippen molar-refractivity contribution in [1.82, 2.24) is 15.2 Å². The minimum absolute atomic E-state index is 0.0262. The van der Waals surface area contributed by atoms with Crippen LogP contribution >= 0.6 is 0 Å². The fraction of sp³-hybridized carbons (Fsp3) is 0.600. The number of carbonyl (C=O) groups excluding carboxylic acids is 1. The zero-order valence-corrected chi connectivity index (χ0v) is 13.2. The molecule has 0 bridgehead atoms. The van der Waals surface area contributed by atoms with Crippen LogP contribution in [-0.2, 0) is 0 Å². The lowest BCUT2D eigenvalue weighted by Gasteiger charge is -2.28. The van der Waals surface area contributed by atoms with Gasteiger partial charge in [0.2, 0.25) is 0 Å². The Morgan fingerprint density at radius 3 is 2.65 bits per heavy atom. The first-order valence-corrected chi connectivity index (χ1v) is 6.98. The molecule has 0 saturated heterocycles. The molecule has 0 unspecified atom stereocenters. The van der Waals surface area contributed by atoms with Crippen molar-refractivity contribution in [3.8, 4) is 0 Å². The number of aromatic nitrogens is 1. The molecule has 1 heterocycles. The van der Waals surface area contributed by atoms with Crippen molar-refractivity contribution in [1.29, 1.82) is 0 Å². The van der Waals surface area contributed by atoms with Crippen LogP contribution in [0, 0.1) is 5.41 Å². The Morgan fingerprint density at radius 1 is 1.35 bits per heavy atom. The van der Waals surface area contributed by atoms with Crippen molar-refractivity contribution in [2.45, 2.75) is 20.8 Å². The molecule has 5 heteroatoms. The van der Waals surface area contributed by atoms with E-state index in [1.807, 2.05) is 33.2 Å². The van der Waals surface area contributed by atoms with E-state index in [9.17, 15) is 4.79 Å². The summed E-state index contributed by atoms with van der Waals surface area (Å²) in [5.74, 6) is 0.601. The van der Waals surface area contributed by atoms with Gasteiger partial charge in [-0.05, 0) is 38.6 Å². The van der Waals surface area contributed by atoms with Crippen LogP contribution in [0.25, 0.3) is 0 Å². The fourth-order valence-corrected chi connectivity index (χ4v) is 2.16. The van der Waals surface area contributed by atoms with Crippen LogP contribution in [0.2, 0.25) is 0 Å². The van der Waals surface area contributed by atoms with Gasteiger partial charge in [0.1, 0.15) is 11.5 Å². The highest BCUT2D eigenvalue weighted by Crippen LogP contribution is 2.14. The third kappa shape index (κ3) is 5.57. The largest absolute Gasteiger partial charge is 0.370 e. The maximum absolute atomic E-state index is 12.1. The van der Waals surface area contributed by atoms with Crippen molar-refractivity contribution in [2.75, 3.05) is 39.0 Å². The van der Waals surface area contributed by atoms with Crippen molar-refractivity contribution >= 4 is 11.7 Å². The van der Waals surface area contributed by atoms with Crippen LogP contribution in [0.15, 0.2) is 18.2 Å². The summed E-state index contributed by atoms with van der Waals surface area (Å²) in [6.07, 6.45) is 0. The molecule has 1 aromatic rings. The molecule has 0 aliphatic heterocycles. The molecule has 2 N–H and O–H groups in total. The highest BCUT2D eigenvalue weighted by Gasteiger charge is 2.20. The van der Waals surface area contributed by atoms with Crippen molar-refractivity contribution in [3.63, 3.8) is 0 Å². The summed E-state index contributed by atoms with van der Waals surface area (Å²) >= 11 is 0. The molecule has 112 valence electrons. The Bertz CT molecular complexity index is 443. The standard InChI is InChI=1S/C15H26N4O/c1-6-16-13-9-7-8-12(18-13)14(20)17-10-15(2,3)11-19(4)5/h7-9H,6,10-11H2,1-5H3,(H,16,18)(H,17,20). The smallest absolute Gasteiger partial charge is 0.269 e. The molecule has 20 heavy (non-hydrogen) atoms. The van der Waals surface area contributed by atoms with Gasteiger partial charge in [-0.15, -0.1) is 0 Å². The first-order chi connectivity index (χ1) is 9.34. The first-order valence-electron chi connectivity index (χ1n) is 6.98. The Morgan fingerprint density at radius 2 is 2.05 bits per heavy atom. The monoisotopic (exact) mass is 278 g/mol. The molecule has 0 aromatic carbocycles. The van der Waals surface area contributed by atoms with Gasteiger partial charge in [0.15, 0.2) is 0 Å². The van der Waals surface area contributed by atoms with Gasteiger partial charge in [-0.2, -0.15) is 0 Å².